The highest BCUT2D eigenvalue weighted by Crippen LogP contribution is 2.35. The van der Waals surface area contributed by atoms with E-state index in [0.29, 0.717) is 29.4 Å². The predicted octanol–water partition coefficient (Wildman–Crippen LogP) is 3.04. The minimum absolute atomic E-state index is 0.362. The highest BCUT2D eigenvalue weighted by atomic mass is 32.1. The predicted molar refractivity (Wildman–Crippen MR) is 107 cm³/mol. The molecule has 0 radical (unpaired) electrons. The summed E-state index contributed by atoms with van der Waals surface area (Å²) in [5.74, 6) is 0.505. The van der Waals surface area contributed by atoms with Crippen molar-refractivity contribution in [3.63, 3.8) is 0 Å². The van der Waals surface area contributed by atoms with Gasteiger partial charge in [-0.25, -0.2) is 4.79 Å². The van der Waals surface area contributed by atoms with Gasteiger partial charge in [0, 0.05) is 22.6 Å². The van der Waals surface area contributed by atoms with E-state index in [4.69, 9.17) is 18.9 Å². The van der Waals surface area contributed by atoms with E-state index in [1.54, 1.807) is 23.5 Å². The van der Waals surface area contributed by atoms with Gasteiger partial charge in [-0.2, -0.15) is 0 Å². The minimum Gasteiger partial charge on any atom is -0.496 e. The summed E-state index contributed by atoms with van der Waals surface area (Å²) >= 11 is 1.54. The molecule has 0 saturated heterocycles. The number of amides is 1. The molecule has 28 heavy (non-hydrogen) atoms. The number of hydrogen-bond donors (Lipinski definition) is 1. The van der Waals surface area contributed by atoms with Gasteiger partial charge in [-0.15, -0.1) is 11.3 Å². The van der Waals surface area contributed by atoms with Crippen molar-refractivity contribution in [1.82, 2.24) is 5.32 Å². The molecule has 0 aliphatic heterocycles. The third-order valence-electron chi connectivity index (χ3n) is 3.81. The van der Waals surface area contributed by atoms with Crippen molar-refractivity contribution < 1.29 is 28.5 Å². The van der Waals surface area contributed by atoms with Crippen molar-refractivity contribution in [2.24, 2.45) is 0 Å². The van der Waals surface area contributed by atoms with Crippen molar-refractivity contribution in [2.45, 2.75) is 19.6 Å². The molecule has 8 heteroatoms. The first kappa shape index (κ1) is 21.3. The summed E-state index contributed by atoms with van der Waals surface area (Å²) in [6.45, 7) is 1.92. The number of rotatable bonds is 9. The molecule has 2 aromatic rings. The van der Waals surface area contributed by atoms with Crippen molar-refractivity contribution in [2.75, 3.05) is 21.3 Å². The second-order valence-electron chi connectivity index (χ2n) is 5.66. The van der Waals surface area contributed by atoms with Crippen LogP contribution in [0.25, 0.3) is 6.08 Å². The van der Waals surface area contributed by atoms with E-state index in [9.17, 15) is 9.59 Å². The van der Waals surface area contributed by atoms with Crippen LogP contribution in [-0.4, -0.2) is 39.3 Å². The van der Waals surface area contributed by atoms with Crippen LogP contribution in [0.2, 0.25) is 0 Å². The zero-order chi connectivity index (χ0) is 20.5. The third kappa shape index (κ3) is 5.75. The van der Waals surface area contributed by atoms with Crippen LogP contribution in [-0.2, 0) is 20.9 Å². The largest absolute Gasteiger partial charge is 0.496 e. The van der Waals surface area contributed by atoms with Gasteiger partial charge in [-0.05, 0) is 30.5 Å². The topological polar surface area (TPSA) is 83.1 Å². The Morgan fingerprint density at radius 1 is 1.11 bits per heavy atom. The smallest absolute Gasteiger partial charge is 0.331 e. The Kier molecular flexibility index (Phi) is 7.88. The third-order valence-corrected chi connectivity index (χ3v) is 4.69. The second kappa shape index (κ2) is 10.4. The quantitative estimate of drug-likeness (QED) is 0.510. The zero-order valence-corrected chi connectivity index (χ0v) is 17.0. The van der Waals surface area contributed by atoms with Crippen molar-refractivity contribution >= 4 is 29.3 Å². The molecule has 1 aromatic carbocycles. The molecule has 150 valence electrons. The maximum absolute atomic E-state index is 12.1. The summed E-state index contributed by atoms with van der Waals surface area (Å²) in [5, 5.41) is 4.66. The van der Waals surface area contributed by atoms with Crippen LogP contribution in [0.1, 0.15) is 17.4 Å². The number of benzene rings is 1. The number of hydrogen-bond acceptors (Lipinski definition) is 7. The Morgan fingerprint density at radius 3 is 2.39 bits per heavy atom. The molecule has 0 aliphatic carbocycles. The lowest BCUT2D eigenvalue weighted by Gasteiger charge is -2.13. The number of methoxy groups -OCH3 is 3. The van der Waals surface area contributed by atoms with Crippen molar-refractivity contribution in [3.8, 4) is 17.2 Å². The van der Waals surface area contributed by atoms with Gasteiger partial charge in [0.2, 0.25) is 0 Å². The first-order chi connectivity index (χ1) is 13.5. The summed E-state index contributed by atoms with van der Waals surface area (Å²) in [4.78, 5) is 25.1. The SMILES string of the molecule is COc1cc(OC)c(OC)cc1/C=C/C(=O)O[C@@H](C)C(=O)NCc1cccs1. The second-order valence-corrected chi connectivity index (χ2v) is 6.69. The molecule has 0 fully saturated rings. The van der Waals surface area contributed by atoms with Crippen LogP contribution in [0, 0.1) is 0 Å². The Morgan fingerprint density at radius 2 is 1.79 bits per heavy atom. The first-order valence-corrected chi connectivity index (χ1v) is 9.35. The van der Waals surface area contributed by atoms with Crippen LogP contribution < -0.4 is 19.5 Å². The summed E-state index contributed by atoms with van der Waals surface area (Å²) in [6, 6.07) is 7.16. The van der Waals surface area contributed by atoms with Gasteiger partial charge in [0.25, 0.3) is 5.91 Å². The Bertz CT molecular complexity index is 831. The highest BCUT2D eigenvalue weighted by Gasteiger charge is 2.16. The molecule has 1 amide bonds. The van der Waals surface area contributed by atoms with E-state index in [-0.39, 0.29) is 5.91 Å². The Hall–Kier alpha value is -3.00. The summed E-state index contributed by atoms with van der Waals surface area (Å²) in [5.41, 5.74) is 0.604. The Labute approximate surface area is 167 Å². The van der Waals surface area contributed by atoms with Crippen molar-refractivity contribution in [1.29, 1.82) is 0 Å². The number of esters is 1. The lowest BCUT2D eigenvalue weighted by Crippen LogP contribution is -2.34. The molecule has 0 unspecified atom stereocenters. The summed E-state index contributed by atoms with van der Waals surface area (Å²) < 4.78 is 20.9. The monoisotopic (exact) mass is 405 g/mol. The summed E-state index contributed by atoms with van der Waals surface area (Å²) in [7, 11) is 4.55. The molecule has 2 rings (SSSR count). The molecule has 0 aliphatic rings. The van der Waals surface area contributed by atoms with Gasteiger partial charge >= 0.3 is 5.97 Å². The van der Waals surface area contributed by atoms with E-state index < -0.39 is 12.1 Å². The van der Waals surface area contributed by atoms with Gasteiger partial charge in [0.1, 0.15) is 5.75 Å². The number of nitrogens with one attached hydrogen (secondary N) is 1. The van der Waals surface area contributed by atoms with E-state index in [1.807, 2.05) is 17.5 Å². The van der Waals surface area contributed by atoms with Crippen LogP contribution in [0.3, 0.4) is 0 Å². The normalized spacial score (nSPS) is 11.7. The lowest BCUT2D eigenvalue weighted by molar-refractivity contribution is -0.150. The molecule has 0 spiro atoms. The number of carbonyl (C=O) groups is 2. The fourth-order valence-electron chi connectivity index (χ4n) is 2.34. The molecular formula is C20H23NO6S. The molecular weight excluding hydrogens is 382 g/mol. The number of thiophene rings is 1. The number of carbonyl (C=O) groups excluding carboxylic acids is 2. The summed E-state index contributed by atoms with van der Waals surface area (Å²) in [6.07, 6.45) is 1.84. The van der Waals surface area contributed by atoms with Gasteiger partial charge in [-0.1, -0.05) is 6.07 Å². The van der Waals surface area contributed by atoms with Gasteiger partial charge in [0.05, 0.1) is 27.9 Å². The maximum atomic E-state index is 12.1. The van der Waals surface area contributed by atoms with Crippen LogP contribution >= 0.6 is 11.3 Å². The molecule has 7 nitrogen and oxygen atoms in total. The average molecular weight is 405 g/mol. The molecule has 0 saturated carbocycles. The van der Waals surface area contributed by atoms with Crippen LogP contribution in [0.15, 0.2) is 35.7 Å². The van der Waals surface area contributed by atoms with Crippen LogP contribution in [0.5, 0.6) is 17.2 Å². The fraction of sp³-hybridized carbons (Fsp3) is 0.300. The van der Waals surface area contributed by atoms with E-state index in [1.165, 1.54) is 40.4 Å². The molecule has 0 bridgehead atoms. The maximum Gasteiger partial charge on any atom is 0.331 e. The van der Waals surface area contributed by atoms with Crippen molar-refractivity contribution in [3.05, 3.63) is 46.2 Å². The van der Waals surface area contributed by atoms with E-state index in [0.717, 1.165) is 4.88 Å². The van der Waals surface area contributed by atoms with Crippen LogP contribution in [0.4, 0.5) is 0 Å². The molecule has 1 heterocycles. The average Bonchev–Trinajstić information content (AvgIpc) is 3.23. The van der Waals surface area contributed by atoms with E-state index >= 15 is 0 Å². The van der Waals surface area contributed by atoms with Gasteiger partial charge in [-0.3, -0.25) is 4.79 Å². The standard InChI is InChI=1S/C20H23NO6S/c1-13(20(23)21-12-15-6-5-9-28-15)27-19(22)8-7-14-10-17(25-3)18(26-4)11-16(14)24-2/h5-11,13H,12H2,1-4H3,(H,21,23)/b8-7+/t13-/m0/s1. The first-order valence-electron chi connectivity index (χ1n) is 8.47. The zero-order valence-electron chi connectivity index (χ0n) is 16.2. The minimum atomic E-state index is -0.913. The molecule has 1 atom stereocenters. The van der Waals surface area contributed by atoms with E-state index in [2.05, 4.69) is 5.32 Å². The molecule has 1 aromatic heterocycles. The molecule has 1 N–H and O–H groups in total. The van der Waals surface area contributed by atoms with Gasteiger partial charge in [0.15, 0.2) is 17.6 Å². The Balaban J connectivity index is 1.97. The lowest BCUT2D eigenvalue weighted by atomic mass is 10.1. The number of ether oxygens (including phenoxy) is 4. The highest BCUT2D eigenvalue weighted by molar-refractivity contribution is 7.09. The van der Waals surface area contributed by atoms with Gasteiger partial charge < -0.3 is 24.3 Å². The fourth-order valence-corrected chi connectivity index (χ4v) is 2.98.